The number of carbonyl (C=O) groups excluding carboxylic acids is 1. The van der Waals surface area contributed by atoms with Crippen LogP contribution in [-0.2, 0) is 4.79 Å². The van der Waals surface area contributed by atoms with Gasteiger partial charge in [0.15, 0.2) is 0 Å². The molecule has 1 saturated heterocycles. The van der Waals surface area contributed by atoms with Crippen LogP contribution in [0, 0.1) is 0 Å². The van der Waals surface area contributed by atoms with Gasteiger partial charge in [-0.05, 0) is 30.5 Å². The zero-order valence-corrected chi connectivity index (χ0v) is 13.0. The Balaban J connectivity index is 1.91. The maximum atomic E-state index is 12.4. The van der Waals surface area contributed by atoms with Crippen LogP contribution < -0.4 is 10.6 Å². The molecule has 2 aliphatic heterocycles. The average molecular weight is 323 g/mol. The minimum Gasteiger partial charge on any atom is -0.355 e. The van der Waals surface area contributed by atoms with Gasteiger partial charge in [0.1, 0.15) is 11.3 Å². The van der Waals surface area contributed by atoms with Gasteiger partial charge in [0, 0.05) is 11.0 Å². The summed E-state index contributed by atoms with van der Waals surface area (Å²) in [5.74, 6) is -0.117. The Morgan fingerprint density at radius 1 is 1.36 bits per heavy atom. The van der Waals surface area contributed by atoms with Crippen molar-refractivity contribution in [1.82, 2.24) is 15.5 Å². The second kappa shape index (κ2) is 6.60. The first-order chi connectivity index (χ1) is 10.7. The van der Waals surface area contributed by atoms with E-state index in [0.29, 0.717) is 11.2 Å². The standard InChI is InChI=1S/C14H19ClN6O/c15-12-7-6-10-13(19-12)21(9-4-2-1-3-5-9)11(8-17-20-16)14(22)18-10/h6-7,9,11,13,19H,1-5,8H2,(H,18,22)/t11-,13?/m1/s1. The van der Waals surface area contributed by atoms with E-state index in [1.807, 2.05) is 6.08 Å². The van der Waals surface area contributed by atoms with E-state index in [9.17, 15) is 4.79 Å². The number of carbonyl (C=O) groups is 1. The molecular formula is C14H19ClN6O. The largest absolute Gasteiger partial charge is 0.355 e. The van der Waals surface area contributed by atoms with Gasteiger partial charge in [0.2, 0.25) is 5.91 Å². The summed E-state index contributed by atoms with van der Waals surface area (Å²) in [6, 6.07) is -0.168. The van der Waals surface area contributed by atoms with Crippen molar-refractivity contribution in [2.75, 3.05) is 6.54 Å². The predicted molar refractivity (Wildman–Crippen MR) is 83.6 cm³/mol. The lowest BCUT2D eigenvalue weighted by Crippen LogP contribution is -2.67. The molecule has 2 heterocycles. The van der Waals surface area contributed by atoms with Gasteiger partial charge < -0.3 is 10.6 Å². The molecule has 0 spiro atoms. The maximum absolute atomic E-state index is 12.4. The maximum Gasteiger partial charge on any atom is 0.241 e. The summed E-state index contributed by atoms with van der Waals surface area (Å²) in [6.45, 7) is 0.131. The summed E-state index contributed by atoms with van der Waals surface area (Å²) in [6.07, 6.45) is 9.05. The fourth-order valence-corrected chi connectivity index (χ4v) is 3.70. The molecule has 8 heteroatoms. The van der Waals surface area contributed by atoms with E-state index >= 15 is 0 Å². The van der Waals surface area contributed by atoms with Crippen molar-refractivity contribution in [2.45, 2.75) is 50.4 Å². The molecule has 0 aromatic heterocycles. The van der Waals surface area contributed by atoms with Gasteiger partial charge >= 0.3 is 0 Å². The number of dihydropyridines is 1. The van der Waals surface area contributed by atoms with Crippen LogP contribution in [-0.4, -0.2) is 35.6 Å². The molecule has 118 valence electrons. The molecule has 0 aromatic carbocycles. The number of hydrogen-bond donors (Lipinski definition) is 2. The molecular weight excluding hydrogens is 304 g/mol. The minimum absolute atomic E-state index is 0.117. The number of allylic oxidation sites excluding steroid dienone is 2. The van der Waals surface area contributed by atoms with Crippen molar-refractivity contribution in [3.8, 4) is 0 Å². The first-order valence-electron chi connectivity index (χ1n) is 7.64. The smallest absolute Gasteiger partial charge is 0.241 e. The third-order valence-electron chi connectivity index (χ3n) is 4.52. The molecule has 2 fully saturated rings. The van der Waals surface area contributed by atoms with Crippen LogP contribution >= 0.6 is 11.6 Å². The van der Waals surface area contributed by atoms with Gasteiger partial charge in [-0.25, -0.2) is 0 Å². The highest BCUT2D eigenvalue weighted by molar-refractivity contribution is 6.29. The Bertz CT molecular complexity index is 558. The van der Waals surface area contributed by atoms with Gasteiger partial charge in [-0.2, -0.15) is 0 Å². The zero-order chi connectivity index (χ0) is 15.5. The van der Waals surface area contributed by atoms with Crippen LogP contribution in [0.3, 0.4) is 0 Å². The zero-order valence-electron chi connectivity index (χ0n) is 12.2. The molecule has 0 radical (unpaired) electrons. The van der Waals surface area contributed by atoms with Crippen LogP contribution in [0.5, 0.6) is 0 Å². The molecule has 7 nitrogen and oxygen atoms in total. The Morgan fingerprint density at radius 3 is 2.86 bits per heavy atom. The predicted octanol–water partition coefficient (Wildman–Crippen LogP) is 2.32. The Labute approximate surface area is 134 Å². The number of nitrogens with one attached hydrogen (secondary N) is 2. The van der Waals surface area contributed by atoms with E-state index < -0.39 is 6.04 Å². The highest BCUT2D eigenvalue weighted by atomic mass is 35.5. The topological polar surface area (TPSA) is 93.1 Å². The number of fused-ring (bicyclic) bond motifs is 1. The normalized spacial score (nSPS) is 29.4. The van der Waals surface area contributed by atoms with Crippen LogP contribution in [0.1, 0.15) is 32.1 Å². The van der Waals surface area contributed by atoms with Gasteiger partial charge in [-0.1, -0.05) is 36.0 Å². The quantitative estimate of drug-likeness (QED) is 0.361. The monoisotopic (exact) mass is 322 g/mol. The van der Waals surface area contributed by atoms with Crippen molar-refractivity contribution < 1.29 is 4.79 Å². The molecule has 3 rings (SSSR count). The SMILES string of the molecule is [N-]=[N+]=NC[C@@H]1C(=O)NC2=CC=C(Cl)NC2N1C1CCCCC1. The molecule has 0 aromatic rings. The Kier molecular flexibility index (Phi) is 4.57. The lowest BCUT2D eigenvalue weighted by atomic mass is 9.91. The van der Waals surface area contributed by atoms with Gasteiger partial charge in [0.25, 0.3) is 0 Å². The first kappa shape index (κ1) is 15.2. The average Bonchev–Trinajstić information content (AvgIpc) is 2.54. The number of amides is 1. The fraction of sp³-hybridized carbons (Fsp3) is 0.643. The summed E-state index contributed by atoms with van der Waals surface area (Å²) in [7, 11) is 0. The van der Waals surface area contributed by atoms with Crippen molar-refractivity contribution in [3.63, 3.8) is 0 Å². The van der Waals surface area contributed by atoms with E-state index in [1.165, 1.54) is 6.42 Å². The number of rotatable bonds is 3. The molecule has 1 unspecified atom stereocenters. The highest BCUT2D eigenvalue weighted by Gasteiger charge is 2.43. The molecule has 2 N–H and O–H groups in total. The van der Waals surface area contributed by atoms with Crippen molar-refractivity contribution >= 4 is 17.5 Å². The van der Waals surface area contributed by atoms with Gasteiger partial charge in [0.05, 0.1) is 18.3 Å². The van der Waals surface area contributed by atoms with E-state index in [2.05, 4.69) is 25.6 Å². The van der Waals surface area contributed by atoms with E-state index in [0.717, 1.165) is 31.4 Å². The number of nitrogens with zero attached hydrogens (tertiary/aromatic N) is 4. The van der Waals surface area contributed by atoms with Crippen LogP contribution in [0.2, 0.25) is 0 Å². The third-order valence-corrected chi connectivity index (χ3v) is 4.76. The lowest BCUT2D eigenvalue weighted by molar-refractivity contribution is -0.131. The molecule has 22 heavy (non-hydrogen) atoms. The van der Waals surface area contributed by atoms with Crippen LogP contribution in [0.4, 0.5) is 0 Å². The van der Waals surface area contributed by atoms with Gasteiger partial charge in [-0.15, -0.1) is 0 Å². The van der Waals surface area contributed by atoms with Crippen molar-refractivity contribution in [1.29, 1.82) is 0 Å². The highest BCUT2D eigenvalue weighted by Crippen LogP contribution is 2.31. The second-order valence-corrected chi connectivity index (χ2v) is 6.25. The first-order valence-corrected chi connectivity index (χ1v) is 8.01. The number of hydrogen-bond acceptors (Lipinski definition) is 4. The van der Waals surface area contributed by atoms with Gasteiger partial charge in [-0.3, -0.25) is 9.69 Å². The van der Waals surface area contributed by atoms with Crippen LogP contribution in [0.15, 0.2) is 28.1 Å². The summed E-state index contributed by atoms with van der Waals surface area (Å²) in [5, 5.41) is 10.3. The summed E-state index contributed by atoms with van der Waals surface area (Å²) >= 11 is 6.11. The molecule has 2 atom stereocenters. The van der Waals surface area contributed by atoms with Crippen molar-refractivity contribution in [3.05, 3.63) is 33.4 Å². The van der Waals surface area contributed by atoms with E-state index in [1.54, 1.807) is 6.08 Å². The van der Waals surface area contributed by atoms with Crippen molar-refractivity contribution in [2.24, 2.45) is 5.11 Å². The Hall–Kier alpha value is -1.69. The number of halogens is 1. The second-order valence-electron chi connectivity index (χ2n) is 5.84. The number of piperazine rings is 1. The summed E-state index contributed by atoms with van der Waals surface area (Å²) in [4.78, 5) is 17.4. The number of azide groups is 1. The molecule has 1 aliphatic carbocycles. The van der Waals surface area contributed by atoms with E-state index in [4.69, 9.17) is 17.1 Å². The lowest BCUT2D eigenvalue weighted by Gasteiger charge is -2.48. The fourth-order valence-electron chi connectivity index (χ4n) is 3.53. The molecule has 1 saturated carbocycles. The van der Waals surface area contributed by atoms with Crippen LogP contribution in [0.25, 0.3) is 10.4 Å². The molecule has 3 aliphatic rings. The molecule has 1 amide bonds. The third kappa shape index (κ3) is 2.92. The summed E-state index contributed by atoms with van der Waals surface area (Å²) < 4.78 is 0. The minimum atomic E-state index is -0.462. The molecule has 0 bridgehead atoms. The Morgan fingerprint density at radius 2 is 2.14 bits per heavy atom. The van der Waals surface area contributed by atoms with E-state index in [-0.39, 0.29) is 18.6 Å². The summed E-state index contributed by atoms with van der Waals surface area (Å²) in [5.41, 5.74) is 9.41.